The van der Waals surface area contributed by atoms with Crippen molar-refractivity contribution < 1.29 is 0 Å². The molecule has 0 aliphatic rings. The lowest BCUT2D eigenvalue weighted by molar-refractivity contribution is 1.57. The van der Waals surface area contributed by atoms with E-state index in [2.05, 4.69) is 13.1 Å². The van der Waals surface area contributed by atoms with Crippen molar-refractivity contribution in [1.82, 2.24) is 0 Å². The summed E-state index contributed by atoms with van der Waals surface area (Å²) in [4.78, 5) is 0. The zero-order valence-corrected chi connectivity index (χ0v) is 14.7. The first-order chi connectivity index (χ1) is 5.41. The third-order valence-corrected chi connectivity index (χ3v) is 19.4. The first kappa shape index (κ1) is 15.4. The highest BCUT2D eigenvalue weighted by Gasteiger charge is 2.41. The number of hydrogen-bond donors (Lipinski definition) is 0. The van der Waals surface area contributed by atoms with Gasteiger partial charge in [-0.1, -0.05) is 13.1 Å². The van der Waals surface area contributed by atoms with Crippen LogP contribution in [-0.2, 0) is 0 Å². The van der Waals surface area contributed by atoms with Crippen molar-refractivity contribution in [3.63, 3.8) is 0 Å². The minimum absolute atomic E-state index is 0.658. The molecule has 0 bridgehead atoms. The average Bonchev–Trinajstić information content (AvgIpc) is 1.43. The van der Waals surface area contributed by atoms with Crippen LogP contribution in [0.1, 0.15) is 0 Å². The molecule has 0 aromatic carbocycles. The lowest BCUT2D eigenvalue weighted by Crippen LogP contribution is -2.38. The molecular formula is C4H10Cl6Si3. The molecular weight excluding hydrogens is 345 g/mol. The fourth-order valence-electron chi connectivity index (χ4n) is 1.15. The molecule has 13 heavy (non-hydrogen) atoms. The van der Waals surface area contributed by atoms with E-state index >= 15 is 0 Å². The van der Waals surface area contributed by atoms with Crippen molar-refractivity contribution in [2.75, 3.05) is 0 Å². The van der Waals surface area contributed by atoms with Crippen LogP contribution in [0.15, 0.2) is 0 Å². The molecule has 0 aromatic heterocycles. The Balaban J connectivity index is 4.25. The number of rotatable bonds is 4. The third kappa shape index (κ3) is 10.7. The molecule has 0 aromatic rings. The largest absolute Gasteiger partial charge is 0.339 e. The predicted octanol–water partition coefficient (Wildman–Crippen LogP) is 5.08. The van der Waals surface area contributed by atoms with Gasteiger partial charge in [-0.25, -0.2) is 0 Å². The molecule has 0 nitrogen and oxygen atoms in total. The highest BCUT2D eigenvalue weighted by molar-refractivity contribution is 7.68. The van der Waals surface area contributed by atoms with Crippen molar-refractivity contribution in [1.29, 1.82) is 0 Å². The number of hydrogen-bond acceptors (Lipinski definition) is 0. The summed E-state index contributed by atoms with van der Waals surface area (Å²) in [6.45, 7) is 4.19. The Labute approximate surface area is 110 Å². The molecule has 0 N–H and O–H groups in total. The van der Waals surface area contributed by atoms with Gasteiger partial charge < -0.3 is 0 Å². The van der Waals surface area contributed by atoms with Gasteiger partial charge in [0.25, 0.3) is 0 Å². The summed E-state index contributed by atoms with van der Waals surface area (Å²) in [5, 5.41) is 0. The van der Waals surface area contributed by atoms with Gasteiger partial charge in [0.15, 0.2) is 0 Å². The molecule has 0 aliphatic heterocycles. The second kappa shape index (κ2) is 5.15. The Hall–Kier alpha value is 2.39. The summed E-state index contributed by atoms with van der Waals surface area (Å²) < 4.78 is 0. The third-order valence-electron chi connectivity index (χ3n) is 1.36. The fourth-order valence-corrected chi connectivity index (χ4v) is 31.0. The van der Waals surface area contributed by atoms with E-state index in [-0.39, 0.29) is 0 Å². The van der Waals surface area contributed by atoms with Crippen molar-refractivity contribution in [3.8, 4) is 0 Å². The van der Waals surface area contributed by atoms with Crippen molar-refractivity contribution >= 4 is 86.6 Å². The van der Waals surface area contributed by atoms with Gasteiger partial charge in [0.2, 0.25) is 0 Å². The zero-order chi connectivity index (χ0) is 10.9. The maximum Gasteiger partial charge on any atom is 0.339 e. The van der Waals surface area contributed by atoms with E-state index in [1.165, 1.54) is 0 Å². The average molecular weight is 355 g/mol. The minimum Gasteiger partial charge on any atom is -0.126 e. The first-order valence-electron chi connectivity index (χ1n) is 3.55. The van der Waals surface area contributed by atoms with E-state index in [1.54, 1.807) is 0 Å². The van der Waals surface area contributed by atoms with Crippen molar-refractivity contribution in [2.45, 2.75) is 24.4 Å². The van der Waals surface area contributed by atoms with Gasteiger partial charge in [0.1, 0.15) is 0 Å². The first-order valence-corrected chi connectivity index (χ1v) is 17.4. The highest BCUT2D eigenvalue weighted by Crippen LogP contribution is 2.37. The topological polar surface area (TPSA) is 0 Å². The van der Waals surface area contributed by atoms with E-state index in [1.807, 2.05) is 0 Å². The molecule has 9 heteroatoms. The van der Waals surface area contributed by atoms with Crippen LogP contribution in [0.5, 0.6) is 0 Å². The van der Waals surface area contributed by atoms with Gasteiger partial charge in [-0.3, -0.25) is 0 Å². The highest BCUT2D eigenvalue weighted by atomic mass is 35.8. The number of halogens is 6. The van der Waals surface area contributed by atoms with E-state index < -0.39 is 20.1 Å². The van der Waals surface area contributed by atoms with Gasteiger partial charge in [0.05, 0.1) is 0 Å². The lowest BCUT2D eigenvalue weighted by atomic mass is 11.7. The second-order valence-electron chi connectivity index (χ2n) is 3.75. The van der Waals surface area contributed by atoms with Crippen LogP contribution in [0.4, 0.5) is 0 Å². The Kier molecular flexibility index (Phi) is 6.09. The van der Waals surface area contributed by atoms with Gasteiger partial charge in [-0.15, -0.1) is 66.5 Å². The van der Waals surface area contributed by atoms with Crippen LogP contribution in [0, 0.1) is 0 Å². The molecule has 0 atom stereocenters. The summed E-state index contributed by atoms with van der Waals surface area (Å²) in [5.74, 6) is 0. The molecule has 80 valence electrons. The van der Waals surface area contributed by atoms with Gasteiger partial charge in [-0.2, -0.15) is 0 Å². The van der Waals surface area contributed by atoms with Crippen LogP contribution in [0.2, 0.25) is 24.4 Å². The maximum absolute atomic E-state index is 5.84. The minimum atomic E-state index is -2.57. The van der Waals surface area contributed by atoms with E-state index in [9.17, 15) is 0 Å². The van der Waals surface area contributed by atoms with Crippen LogP contribution >= 0.6 is 66.5 Å². The summed E-state index contributed by atoms with van der Waals surface area (Å²) in [5.41, 5.74) is 1.32. The van der Waals surface area contributed by atoms with Crippen LogP contribution in [0.25, 0.3) is 0 Å². The van der Waals surface area contributed by atoms with Gasteiger partial charge in [0, 0.05) is 8.07 Å². The smallest absolute Gasteiger partial charge is 0.126 e. The summed E-state index contributed by atoms with van der Waals surface area (Å²) >= 11 is 35.0. The lowest BCUT2D eigenvalue weighted by Gasteiger charge is -2.27. The molecule has 0 saturated heterocycles. The van der Waals surface area contributed by atoms with E-state index in [0.29, 0.717) is 11.3 Å². The van der Waals surface area contributed by atoms with Gasteiger partial charge in [-0.05, 0) is 11.3 Å². The molecule has 0 amide bonds. The molecule has 0 radical (unpaired) electrons. The second-order valence-corrected chi connectivity index (χ2v) is 28.5. The van der Waals surface area contributed by atoms with Crippen LogP contribution in [-0.4, -0.2) is 20.1 Å². The predicted molar refractivity (Wildman–Crippen MR) is 73.7 cm³/mol. The molecule has 0 rings (SSSR count). The molecule has 0 fully saturated rings. The maximum atomic E-state index is 5.84. The van der Waals surface area contributed by atoms with Crippen LogP contribution < -0.4 is 0 Å². The van der Waals surface area contributed by atoms with Crippen molar-refractivity contribution in [3.05, 3.63) is 0 Å². The Morgan fingerprint density at radius 1 is 0.692 bits per heavy atom. The summed E-state index contributed by atoms with van der Waals surface area (Å²) in [6, 6.07) is -5.14. The molecule has 0 saturated carbocycles. The molecule has 0 aliphatic carbocycles. The molecule has 0 heterocycles. The molecule has 0 spiro atoms. The van der Waals surface area contributed by atoms with E-state index in [0.717, 1.165) is 0 Å². The fraction of sp³-hybridized carbons (Fsp3) is 1.00. The monoisotopic (exact) mass is 352 g/mol. The van der Waals surface area contributed by atoms with Gasteiger partial charge >= 0.3 is 12.0 Å². The summed E-state index contributed by atoms with van der Waals surface area (Å²) in [6.07, 6.45) is 0. The summed E-state index contributed by atoms with van der Waals surface area (Å²) in [7, 11) is -1.64. The standard InChI is InChI=1S/C4H10Cl6Si3/c1-11(2,3-12(5,6)7)4-13(8,9)10/h3-4H2,1-2H3. The normalized spacial score (nSPS) is 14.8. The molecule has 0 unspecified atom stereocenters. The Morgan fingerprint density at radius 3 is 1.08 bits per heavy atom. The SMILES string of the molecule is C[Si](C)(C[Si](Cl)(Cl)Cl)C[Si](Cl)(Cl)Cl. The quantitative estimate of drug-likeness (QED) is 0.487. The zero-order valence-electron chi connectivity index (χ0n) is 7.18. The van der Waals surface area contributed by atoms with E-state index in [4.69, 9.17) is 66.5 Å². The van der Waals surface area contributed by atoms with Crippen molar-refractivity contribution in [2.24, 2.45) is 0 Å². The Bertz CT molecular complexity index is 152. The Morgan fingerprint density at radius 2 is 0.923 bits per heavy atom. The van der Waals surface area contributed by atoms with Crippen LogP contribution in [0.3, 0.4) is 0 Å².